The number of ketones is 1. The van der Waals surface area contributed by atoms with Gasteiger partial charge in [-0.15, -0.1) is 70.8 Å². The number of nitrogens with zero attached hydrogens (tertiary/aromatic N) is 6. The smallest absolute Gasteiger partial charge is 0.352 e. The van der Waals surface area contributed by atoms with E-state index in [1.54, 1.807) is 39.4 Å². The number of carbonyl (C=O) groups is 9. The number of amides is 5. The van der Waals surface area contributed by atoms with Crippen LogP contribution in [0.2, 0.25) is 0 Å². The number of anilines is 1. The molecule has 1 aromatic heterocycles. The van der Waals surface area contributed by atoms with Gasteiger partial charge in [-0.1, -0.05) is 102 Å². The SMILES string of the molecule is C.C=CC1=C(C(=O)O)N2C(=O)C(CC(=O)C(=NCC(=O)O)c3csc(N)n3)C2SC1.C=CC1=C(C(=O)O)N2C(=O)C(N)C2SC1.C=CC1=C(C)N2C(=O)C(N)C2SC1.C=CC1=C(C)N2C(=O)C(NC(=O)Cc3ccccc3)C2SC1.CC.CO.Cl. The summed E-state index contributed by atoms with van der Waals surface area (Å²) in [5, 5.41) is 38.3. The van der Waals surface area contributed by atoms with E-state index in [1.165, 1.54) is 50.9 Å². The number of hydrogen-bond donors (Lipinski definition) is 8. The van der Waals surface area contributed by atoms with Gasteiger partial charge in [0.15, 0.2) is 10.9 Å². The van der Waals surface area contributed by atoms with E-state index in [1.807, 2.05) is 64.1 Å². The molecule has 8 unspecified atom stereocenters. The number of benzene rings is 1. The average Bonchev–Trinajstić information content (AvgIpc) is 1.58. The van der Waals surface area contributed by atoms with Crippen molar-refractivity contribution in [2.45, 2.75) is 87.6 Å². The van der Waals surface area contributed by atoms with Crippen molar-refractivity contribution < 1.29 is 63.6 Å². The van der Waals surface area contributed by atoms with Crippen LogP contribution in [0.4, 0.5) is 5.13 Å². The molecule has 4 fully saturated rings. The number of rotatable bonds is 15. The quantitative estimate of drug-likeness (QED) is 0.0873. The number of aliphatic hydroxyl groups excluding tert-OH is 1. The highest BCUT2D eigenvalue weighted by atomic mass is 35.5. The van der Waals surface area contributed by atoms with Gasteiger partial charge in [0.05, 0.1) is 17.7 Å². The number of hydrogen-bond acceptors (Lipinski definition) is 20. The van der Waals surface area contributed by atoms with Crippen LogP contribution in [0.5, 0.6) is 0 Å². The van der Waals surface area contributed by atoms with E-state index in [-0.39, 0.29) is 100.0 Å². The molecule has 460 valence electrons. The highest BCUT2D eigenvalue weighted by Gasteiger charge is 2.55. The van der Waals surface area contributed by atoms with Crippen LogP contribution in [-0.2, 0) is 49.6 Å². The van der Waals surface area contributed by atoms with Crippen LogP contribution in [-0.4, -0.2) is 180 Å². The molecule has 1 aromatic carbocycles. The Morgan fingerprint density at radius 2 is 1.12 bits per heavy atom. The molecule has 8 aliphatic heterocycles. The van der Waals surface area contributed by atoms with Crippen LogP contribution in [0.3, 0.4) is 0 Å². The number of carboxylic acids is 3. The lowest BCUT2D eigenvalue weighted by Gasteiger charge is -2.49. The number of aromatic nitrogens is 1. The molecule has 85 heavy (non-hydrogen) atoms. The summed E-state index contributed by atoms with van der Waals surface area (Å²) in [5.74, 6) is -3.13. The Balaban J connectivity index is 0.000000301. The topological polar surface area (TPSA) is 363 Å². The average molecular weight is 1290 g/mol. The number of aliphatic imine (C=N–C) groups is 1. The second-order valence-corrected chi connectivity index (χ2v) is 23.5. The van der Waals surface area contributed by atoms with Crippen LogP contribution >= 0.6 is 70.8 Å². The van der Waals surface area contributed by atoms with Crippen LogP contribution in [0.25, 0.3) is 0 Å². The fraction of sp³-hybridized carbons (Fsp3) is 0.375. The van der Waals surface area contributed by atoms with Crippen molar-refractivity contribution in [1.29, 1.82) is 0 Å². The Kier molecular flexibility index (Phi) is 27.9. The van der Waals surface area contributed by atoms with Gasteiger partial charge >= 0.3 is 17.9 Å². The van der Waals surface area contributed by atoms with Gasteiger partial charge in [-0.3, -0.25) is 53.3 Å². The Hall–Kier alpha value is -6.76. The first-order valence-electron chi connectivity index (χ1n) is 25.5. The molecule has 5 amide bonds. The van der Waals surface area contributed by atoms with Gasteiger partial charge in [0.25, 0.3) is 5.91 Å². The van der Waals surface area contributed by atoms with E-state index >= 15 is 0 Å². The van der Waals surface area contributed by atoms with E-state index in [4.69, 9.17) is 32.5 Å². The lowest BCUT2D eigenvalue weighted by atomic mass is 9.89. The highest BCUT2D eigenvalue weighted by Crippen LogP contribution is 2.46. The molecule has 8 aliphatic rings. The zero-order chi connectivity index (χ0) is 61.7. The molecule has 4 saturated heterocycles. The molecule has 0 bridgehead atoms. The summed E-state index contributed by atoms with van der Waals surface area (Å²) in [5.41, 5.74) is 22.9. The number of aliphatic carboxylic acids is 3. The standard InChI is InChI=1S/C17H16N4O6S2.C17H18N2O2S.C9H10N2O3S.C9H12N2OS.C2H6.CH4O.CH4.ClH/c1-2-7-5-28-15-8(14(25)21(15)13(7)16(26)27)3-10(22)12(19-4-11(23)24)9-6-29-17(18)20-9;1-3-13-10-22-17-15(16(21)19(17)11(13)2)18-14(20)9-12-7-5-4-6-8-12;1-2-4-3-15-8-5(10)7(12)11(8)6(4)9(13)14;1-3-6-4-13-9-7(10)8(12)11(9)5(6)2;2*1-2;;/h2,6,8,15H,1,3-5H2,(H2,18,20)(H,23,24)(H,26,27);3-8,15,17H,1,9-10H2,2H3,(H,18,20);2,5,8H,1,3,10H2,(H,13,14);3,7,9H,1,4,10H2,2H3;1-2H3;2H,1H3;1H4;1H. The fourth-order valence-corrected chi connectivity index (χ4v) is 15.3. The lowest BCUT2D eigenvalue weighted by Crippen LogP contribution is -2.69. The first kappa shape index (κ1) is 72.5. The number of β-lactam (4-membered cyclic amide) rings is 4. The molecule has 0 spiro atoms. The van der Waals surface area contributed by atoms with Crippen molar-refractivity contribution in [3.8, 4) is 0 Å². The number of allylic oxidation sites excluding steroid dienone is 6. The van der Waals surface area contributed by atoms with Crippen LogP contribution in [0.1, 0.15) is 52.8 Å². The Bertz CT molecular complexity index is 3130. The van der Waals surface area contributed by atoms with Gasteiger partial charge in [-0.2, -0.15) is 0 Å². The monoisotopic (exact) mass is 1290 g/mol. The van der Waals surface area contributed by atoms with Gasteiger partial charge in [0.1, 0.15) is 63.6 Å². The van der Waals surface area contributed by atoms with Crippen molar-refractivity contribution in [3.05, 3.63) is 143 Å². The number of thiazole rings is 1. The summed E-state index contributed by atoms with van der Waals surface area (Å²) >= 11 is 7.27. The summed E-state index contributed by atoms with van der Waals surface area (Å²) in [6.07, 6.45) is 6.56. The number of carbonyl (C=O) groups excluding carboxylic acids is 6. The van der Waals surface area contributed by atoms with Gasteiger partial charge in [0.2, 0.25) is 23.6 Å². The third kappa shape index (κ3) is 15.6. The summed E-state index contributed by atoms with van der Waals surface area (Å²) in [6, 6.07) is 8.26. The second-order valence-electron chi connectivity index (χ2n) is 18.2. The number of carboxylic acid groups (broad SMARTS) is 3. The third-order valence-corrected chi connectivity index (χ3v) is 19.4. The van der Waals surface area contributed by atoms with E-state index in [0.717, 1.165) is 58.1 Å². The fourth-order valence-electron chi connectivity index (χ4n) is 9.21. The Morgan fingerprint density at radius 3 is 1.58 bits per heavy atom. The van der Waals surface area contributed by atoms with Crippen molar-refractivity contribution in [1.82, 2.24) is 29.9 Å². The maximum Gasteiger partial charge on any atom is 0.352 e. The normalized spacial score (nSPS) is 23.8. The van der Waals surface area contributed by atoms with Crippen LogP contribution in [0, 0.1) is 5.92 Å². The van der Waals surface area contributed by atoms with Crippen molar-refractivity contribution in [2.75, 3.05) is 42.4 Å². The number of nitrogen functional groups attached to an aromatic ring is 1. The second kappa shape index (κ2) is 32.7. The van der Waals surface area contributed by atoms with Crippen molar-refractivity contribution >= 4 is 135 Å². The minimum atomic E-state index is -1.23. The molecule has 10 rings (SSSR count). The minimum absolute atomic E-state index is 0. The maximum atomic E-state index is 12.8. The number of aliphatic hydroxyl groups is 1. The van der Waals surface area contributed by atoms with E-state index < -0.39 is 59.5 Å². The highest BCUT2D eigenvalue weighted by molar-refractivity contribution is 8.01. The first-order chi connectivity index (χ1) is 39.6. The summed E-state index contributed by atoms with van der Waals surface area (Å²) in [7, 11) is 1.00. The molecule has 11 N–H and O–H groups in total. The van der Waals surface area contributed by atoms with E-state index in [2.05, 4.69) is 41.6 Å². The van der Waals surface area contributed by atoms with Crippen LogP contribution in [0.15, 0.2) is 136 Å². The number of fused-ring (bicyclic) bond motifs is 4. The van der Waals surface area contributed by atoms with E-state index in [0.29, 0.717) is 29.1 Å². The molecule has 9 heterocycles. The predicted molar refractivity (Wildman–Crippen MR) is 338 cm³/mol. The molecule has 23 nitrogen and oxygen atoms in total. The number of thioether (sulfide) groups is 4. The zero-order valence-corrected chi connectivity index (χ0v) is 51.4. The molecule has 29 heteroatoms. The Morgan fingerprint density at radius 1 is 0.682 bits per heavy atom. The number of nitrogens with two attached hydrogens (primary N) is 3. The summed E-state index contributed by atoms with van der Waals surface area (Å²) < 4.78 is 0. The van der Waals surface area contributed by atoms with Gasteiger partial charge in [-0.25, -0.2) is 14.6 Å². The predicted octanol–water partition coefficient (Wildman–Crippen LogP) is 4.84. The van der Waals surface area contributed by atoms with Gasteiger partial charge in [-0.05, 0) is 41.7 Å². The first-order valence-corrected chi connectivity index (χ1v) is 30.6. The molecule has 0 radical (unpaired) electrons. The molecule has 2 aromatic rings. The third-order valence-electron chi connectivity index (χ3n) is 13.5. The molecular weight excluding hydrogens is 1220 g/mol. The number of halogens is 1. The summed E-state index contributed by atoms with van der Waals surface area (Å²) in [6.45, 7) is 21.9. The van der Waals surface area contributed by atoms with Gasteiger partial charge in [0, 0.05) is 53.3 Å². The molecular formula is C56H71ClN10O13S5. The lowest BCUT2D eigenvalue weighted by molar-refractivity contribution is -0.153. The molecule has 8 atom stereocenters. The molecule has 0 saturated carbocycles. The number of nitrogens with one attached hydrogen (secondary N) is 1. The Labute approximate surface area is 520 Å². The maximum absolute atomic E-state index is 12.8. The minimum Gasteiger partial charge on any atom is -0.480 e. The van der Waals surface area contributed by atoms with Gasteiger partial charge < -0.3 is 47.8 Å². The summed E-state index contributed by atoms with van der Waals surface area (Å²) in [4.78, 5) is 120. The van der Waals surface area contributed by atoms with Crippen molar-refractivity contribution in [3.63, 3.8) is 0 Å². The van der Waals surface area contributed by atoms with Crippen molar-refractivity contribution in [2.24, 2.45) is 22.4 Å². The van der Waals surface area contributed by atoms with E-state index in [9.17, 15) is 48.3 Å². The largest absolute Gasteiger partial charge is 0.480 e. The zero-order valence-electron chi connectivity index (χ0n) is 46.5. The number of Topliss-reactive ketones (excluding diaryl/α,β-unsaturated/α-hetero) is 1. The molecule has 0 aliphatic carbocycles. The van der Waals surface area contributed by atoms with Crippen LogP contribution < -0.4 is 22.5 Å².